The standard InChI is InChI=1S/C10H11N5OS/c1-16-8-9(15-11)13-6-14-10(8)17-7-2-4-12-5-3-7/h2-6H,11H2,1H3,(H,13,14,15). The maximum absolute atomic E-state index is 5.35. The fourth-order valence-corrected chi connectivity index (χ4v) is 2.09. The number of nitrogens with zero attached hydrogens (tertiary/aromatic N) is 3. The quantitative estimate of drug-likeness (QED) is 0.480. The molecule has 0 aliphatic carbocycles. The lowest BCUT2D eigenvalue weighted by Gasteiger charge is -2.10. The van der Waals surface area contributed by atoms with Crippen molar-refractivity contribution >= 4 is 17.6 Å². The zero-order valence-corrected chi connectivity index (χ0v) is 9.94. The van der Waals surface area contributed by atoms with Crippen LogP contribution in [0.1, 0.15) is 0 Å². The van der Waals surface area contributed by atoms with E-state index >= 15 is 0 Å². The number of hydrogen-bond donors (Lipinski definition) is 2. The minimum absolute atomic E-state index is 0.457. The smallest absolute Gasteiger partial charge is 0.195 e. The van der Waals surface area contributed by atoms with Gasteiger partial charge >= 0.3 is 0 Å². The summed E-state index contributed by atoms with van der Waals surface area (Å²) in [4.78, 5) is 13.1. The van der Waals surface area contributed by atoms with Crippen LogP contribution in [0.5, 0.6) is 5.75 Å². The lowest BCUT2D eigenvalue weighted by molar-refractivity contribution is 0.400. The number of nitrogen functional groups attached to an aromatic ring is 1. The summed E-state index contributed by atoms with van der Waals surface area (Å²) in [5.74, 6) is 6.33. The molecule has 0 atom stereocenters. The van der Waals surface area contributed by atoms with Crippen LogP contribution >= 0.6 is 11.8 Å². The fraction of sp³-hybridized carbons (Fsp3) is 0.100. The third-order valence-corrected chi connectivity index (χ3v) is 2.97. The first kappa shape index (κ1) is 11.6. The highest BCUT2D eigenvalue weighted by atomic mass is 32.2. The number of methoxy groups -OCH3 is 1. The minimum atomic E-state index is 0.457. The van der Waals surface area contributed by atoms with Crippen LogP contribution in [0.15, 0.2) is 40.8 Å². The van der Waals surface area contributed by atoms with Gasteiger partial charge in [0.05, 0.1) is 7.11 Å². The van der Waals surface area contributed by atoms with Crippen LogP contribution < -0.4 is 16.0 Å². The highest BCUT2D eigenvalue weighted by molar-refractivity contribution is 7.99. The van der Waals surface area contributed by atoms with Gasteiger partial charge in [-0.3, -0.25) is 4.98 Å². The number of hydrogen-bond acceptors (Lipinski definition) is 7. The zero-order valence-electron chi connectivity index (χ0n) is 9.12. The molecule has 0 aliphatic heterocycles. The molecule has 0 unspecified atom stereocenters. The van der Waals surface area contributed by atoms with Gasteiger partial charge in [-0.15, -0.1) is 0 Å². The highest BCUT2D eigenvalue weighted by Crippen LogP contribution is 2.35. The van der Waals surface area contributed by atoms with Crippen molar-refractivity contribution in [2.24, 2.45) is 5.84 Å². The minimum Gasteiger partial charge on any atom is -0.490 e. The molecule has 0 bridgehead atoms. The molecule has 6 nitrogen and oxygen atoms in total. The Labute approximate surface area is 103 Å². The van der Waals surface area contributed by atoms with E-state index in [0.29, 0.717) is 16.6 Å². The molecule has 0 saturated carbocycles. The van der Waals surface area contributed by atoms with E-state index in [9.17, 15) is 0 Å². The van der Waals surface area contributed by atoms with E-state index in [1.54, 1.807) is 19.5 Å². The number of ether oxygens (including phenoxy) is 1. The van der Waals surface area contributed by atoms with Crippen molar-refractivity contribution in [3.05, 3.63) is 30.9 Å². The molecule has 0 saturated heterocycles. The summed E-state index contributed by atoms with van der Waals surface area (Å²) in [6.07, 6.45) is 4.87. The van der Waals surface area contributed by atoms with E-state index in [-0.39, 0.29) is 0 Å². The van der Waals surface area contributed by atoms with Crippen LogP contribution in [0.3, 0.4) is 0 Å². The average Bonchev–Trinajstić information content (AvgIpc) is 2.39. The lowest BCUT2D eigenvalue weighted by Crippen LogP contribution is -2.10. The largest absolute Gasteiger partial charge is 0.490 e. The number of nitrogens with one attached hydrogen (secondary N) is 1. The van der Waals surface area contributed by atoms with Crippen molar-refractivity contribution in [3.8, 4) is 5.75 Å². The first-order valence-corrected chi connectivity index (χ1v) is 5.60. The maximum atomic E-state index is 5.35. The van der Waals surface area contributed by atoms with Gasteiger partial charge in [0.15, 0.2) is 11.6 Å². The molecule has 2 rings (SSSR count). The van der Waals surface area contributed by atoms with Gasteiger partial charge in [0, 0.05) is 17.3 Å². The van der Waals surface area contributed by atoms with Crippen molar-refractivity contribution in [3.63, 3.8) is 0 Å². The van der Waals surface area contributed by atoms with Crippen molar-refractivity contribution in [2.75, 3.05) is 12.5 Å². The SMILES string of the molecule is COc1c(NN)ncnc1Sc1ccncc1. The van der Waals surface area contributed by atoms with E-state index in [2.05, 4.69) is 20.4 Å². The topological polar surface area (TPSA) is 86.0 Å². The zero-order chi connectivity index (χ0) is 12.1. The van der Waals surface area contributed by atoms with Gasteiger partial charge in [-0.25, -0.2) is 15.8 Å². The molecule has 0 aromatic carbocycles. The first-order chi connectivity index (χ1) is 8.35. The molecular weight excluding hydrogens is 238 g/mol. The van der Waals surface area contributed by atoms with E-state index in [0.717, 1.165) is 4.90 Å². The van der Waals surface area contributed by atoms with Gasteiger partial charge < -0.3 is 10.2 Å². The van der Waals surface area contributed by atoms with Crippen molar-refractivity contribution < 1.29 is 4.74 Å². The number of anilines is 1. The average molecular weight is 249 g/mol. The highest BCUT2D eigenvalue weighted by Gasteiger charge is 2.12. The molecule has 17 heavy (non-hydrogen) atoms. The number of hydrazine groups is 1. The van der Waals surface area contributed by atoms with Gasteiger partial charge in [0.2, 0.25) is 0 Å². The number of pyridine rings is 1. The summed E-state index contributed by atoms with van der Waals surface area (Å²) in [7, 11) is 1.55. The Morgan fingerprint density at radius 3 is 2.71 bits per heavy atom. The summed E-state index contributed by atoms with van der Waals surface area (Å²) < 4.78 is 5.24. The molecule has 0 radical (unpaired) electrons. The van der Waals surface area contributed by atoms with Crippen LogP contribution in [0.2, 0.25) is 0 Å². The molecular formula is C10H11N5OS. The number of nitrogens with two attached hydrogens (primary N) is 1. The molecule has 88 valence electrons. The Morgan fingerprint density at radius 1 is 1.29 bits per heavy atom. The Kier molecular flexibility index (Phi) is 3.73. The summed E-state index contributed by atoms with van der Waals surface area (Å²) in [6.45, 7) is 0. The molecule has 2 aromatic rings. The molecule has 0 aliphatic rings. The lowest BCUT2D eigenvalue weighted by atomic mass is 10.5. The third-order valence-electron chi connectivity index (χ3n) is 1.98. The molecule has 2 aromatic heterocycles. The van der Waals surface area contributed by atoms with Crippen LogP contribution in [0, 0.1) is 0 Å². The van der Waals surface area contributed by atoms with Gasteiger partial charge in [-0.1, -0.05) is 11.8 Å². The Balaban J connectivity index is 2.33. The van der Waals surface area contributed by atoms with Crippen molar-refractivity contribution in [2.45, 2.75) is 9.92 Å². The maximum Gasteiger partial charge on any atom is 0.195 e. The molecule has 0 fully saturated rings. The van der Waals surface area contributed by atoms with Gasteiger partial charge in [-0.05, 0) is 12.1 Å². The summed E-state index contributed by atoms with van der Waals surface area (Å²) >= 11 is 1.46. The molecule has 2 heterocycles. The van der Waals surface area contributed by atoms with E-state index in [1.165, 1.54) is 18.1 Å². The van der Waals surface area contributed by atoms with Gasteiger partial charge in [0.25, 0.3) is 0 Å². The fourth-order valence-electron chi connectivity index (χ4n) is 1.23. The molecule has 0 amide bonds. The number of aromatic nitrogens is 3. The molecule has 7 heteroatoms. The van der Waals surface area contributed by atoms with Crippen LogP contribution in [-0.4, -0.2) is 22.1 Å². The van der Waals surface area contributed by atoms with Crippen molar-refractivity contribution in [1.29, 1.82) is 0 Å². The third kappa shape index (κ3) is 2.63. The monoisotopic (exact) mass is 249 g/mol. The van der Waals surface area contributed by atoms with E-state index < -0.39 is 0 Å². The second-order valence-corrected chi connectivity index (χ2v) is 4.05. The predicted octanol–water partition coefficient (Wildman–Crippen LogP) is 1.32. The Hall–Kier alpha value is -1.86. The second-order valence-electron chi connectivity index (χ2n) is 2.99. The van der Waals surface area contributed by atoms with Crippen LogP contribution in [0.4, 0.5) is 5.82 Å². The normalized spacial score (nSPS) is 10.0. The van der Waals surface area contributed by atoms with Crippen molar-refractivity contribution in [1.82, 2.24) is 15.0 Å². The number of rotatable bonds is 4. The first-order valence-electron chi connectivity index (χ1n) is 4.78. The van der Waals surface area contributed by atoms with Gasteiger partial charge in [0.1, 0.15) is 11.4 Å². The Bertz CT molecular complexity index is 493. The summed E-state index contributed by atoms with van der Waals surface area (Å²) in [5.41, 5.74) is 2.47. The van der Waals surface area contributed by atoms with E-state index in [1.807, 2.05) is 12.1 Å². The second kappa shape index (κ2) is 5.46. The predicted molar refractivity (Wildman–Crippen MR) is 64.8 cm³/mol. The van der Waals surface area contributed by atoms with Crippen LogP contribution in [-0.2, 0) is 0 Å². The summed E-state index contributed by atoms with van der Waals surface area (Å²) in [6, 6.07) is 3.78. The molecule has 0 spiro atoms. The van der Waals surface area contributed by atoms with Gasteiger partial charge in [-0.2, -0.15) is 0 Å². The van der Waals surface area contributed by atoms with Crippen LogP contribution in [0.25, 0.3) is 0 Å². The van der Waals surface area contributed by atoms with E-state index in [4.69, 9.17) is 10.6 Å². The summed E-state index contributed by atoms with van der Waals surface area (Å²) in [5, 5.41) is 0.696. The molecule has 3 N–H and O–H groups in total. The Morgan fingerprint density at radius 2 is 2.06 bits per heavy atom.